The van der Waals surface area contributed by atoms with E-state index in [0.717, 1.165) is 6.42 Å². The number of hydrogen-bond donors (Lipinski definition) is 2. The van der Waals surface area contributed by atoms with Gasteiger partial charge in [-0.15, -0.1) is 0 Å². The first-order chi connectivity index (χ1) is 7.90. The van der Waals surface area contributed by atoms with Gasteiger partial charge in [-0.05, 0) is 12.3 Å². The normalized spacial score (nSPS) is 14.2. The molecule has 0 aromatic carbocycles. The highest BCUT2D eigenvalue weighted by molar-refractivity contribution is 14.1. The highest BCUT2D eigenvalue weighted by atomic mass is 127. The summed E-state index contributed by atoms with van der Waals surface area (Å²) in [6, 6.07) is -0.573. The Balaban J connectivity index is 4.18. The van der Waals surface area contributed by atoms with Gasteiger partial charge in [-0.1, -0.05) is 20.8 Å². The number of aliphatic hydroxyl groups excluding tert-OH is 1. The molecule has 1 amide bonds. The molecule has 2 N–H and O–H groups in total. The Morgan fingerprint density at radius 1 is 1.41 bits per heavy atom. The third kappa shape index (κ3) is 7.54. The second-order valence-corrected chi connectivity index (χ2v) is 5.16. The number of rotatable bonds is 7. The predicted octanol–water partition coefficient (Wildman–Crippen LogP) is 1.86. The van der Waals surface area contributed by atoms with Crippen molar-refractivity contribution in [1.29, 1.82) is 0 Å². The van der Waals surface area contributed by atoms with Gasteiger partial charge in [-0.2, -0.15) is 0 Å². The fourth-order valence-corrected chi connectivity index (χ4v) is 1.87. The molecule has 100 valence electrons. The third-order valence-electron chi connectivity index (χ3n) is 2.38. The number of carbonyl (C=O) groups is 2. The number of hydrogen-bond acceptors (Lipinski definition) is 4. The average Bonchev–Trinajstić information content (AvgIpc) is 2.23. The van der Waals surface area contributed by atoms with E-state index in [1.165, 1.54) is 0 Å². The minimum absolute atomic E-state index is 0.00549. The van der Waals surface area contributed by atoms with Crippen LogP contribution in [0.2, 0.25) is 0 Å². The zero-order chi connectivity index (χ0) is 13.4. The summed E-state index contributed by atoms with van der Waals surface area (Å²) in [5.74, 6) is -0.134. The third-order valence-corrected chi connectivity index (χ3v) is 2.69. The van der Waals surface area contributed by atoms with Crippen molar-refractivity contribution < 1.29 is 19.4 Å². The van der Waals surface area contributed by atoms with Crippen molar-refractivity contribution in [2.75, 3.05) is 6.61 Å². The number of amides is 1. The largest absolute Gasteiger partial charge is 0.462 e. The van der Waals surface area contributed by atoms with Crippen LogP contribution in [0.15, 0.2) is 0 Å². The van der Waals surface area contributed by atoms with Crippen LogP contribution < -0.4 is 5.32 Å². The van der Waals surface area contributed by atoms with Crippen LogP contribution in [-0.4, -0.2) is 33.7 Å². The SMILES string of the molecule is CCC(OC(=O)CC(CO)NC(=O)I)C(C)C. The Labute approximate surface area is 115 Å². The number of ether oxygens (including phenoxy) is 1. The Kier molecular flexibility index (Phi) is 8.49. The van der Waals surface area contributed by atoms with Gasteiger partial charge in [0.15, 0.2) is 0 Å². The summed E-state index contributed by atoms with van der Waals surface area (Å²) >= 11 is 1.56. The summed E-state index contributed by atoms with van der Waals surface area (Å²) in [5.41, 5.74) is 0. The molecule has 0 heterocycles. The highest BCUT2D eigenvalue weighted by Crippen LogP contribution is 2.12. The lowest BCUT2D eigenvalue weighted by Crippen LogP contribution is -2.37. The van der Waals surface area contributed by atoms with Crippen molar-refractivity contribution in [3.8, 4) is 0 Å². The van der Waals surface area contributed by atoms with E-state index < -0.39 is 12.0 Å². The molecule has 2 unspecified atom stereocenters. The molecular weight excluding hydrogens is 337 g/mol. The van der Waals surface area contributed by atoms with E-state index in [9.17, 15) is 9.59 Å². The standard InChI is InChI=1S/C11H20INO4/c1-4-9(7(2)3)17-10(15)5-8(6-14)13-11(12)16/h7-9,14H,4-6H2,1-3H3,(H,13,16). The Hall–Kier alpha value is -0.370. The van der Waals surface area contributed by atoms with E-state index in [4.69, 9.17) is 9.84 Å². The molecule has 0 rings (SSSR count). The minimum Gasteiger partial charge on any atom is -0.462 e. The topological polar surface area (TPSA) is 75.6 Å². The lowest BCUT2D eigenvalue weighted by atomic mass is 10.1. The Bertz CT molecular complexity index is 258. The summed E-state index contributed by atoms with van der Waals surface area (Å²) in [6.45, 7) is 5.64. The smallest absolute Gasteiger partial charge is 0.308 e. The first-order valence-corrected chi connectivity index (χ1v) is 6.74. The number of carbonyl (C=O) groups excluding carboxylic acids is 2. The quantitative estimate of drug-likeness (QED) is 0.316. The fourth-order valence-electron chi connectivity index (χ4n) is 1.43. The van der Waals surface area contributed by atoms with Crippen LogP contribution in [0.4, 0.5) is 4.79 Å². The summed E-state index contributed by atoms with van der Waals surface area (Å²) < 4.78 is 4.97. The van der Waals surface area contributed by atoms with Crippen LogP contribution in [0.5, 0.6) is 0 Å². The maximum absolute atomic E-state index is 11.6. The van der Waals surface area contributed by atoms with Crippen molar-refractivity contribution in [1.82, 2.24) is 5.32 Å². The van der Waals surface area contributed by atoms with Gasteiger partial charge in [0, 0.05) is 22.6 Å². The van der Waals surface area contributed by atoms with E-state index in [2.05, 4.69) is 5.32 Å². The molecule has 0 saturated heterocycles. The van der Waals surface area contributed by atoms with Crippen molar-refractivity contribution in [3.63, 3.8) is 0 Å². The van der Waals surface area contributed by atoms with Crippen LogP contribution in [0.3, 0.4) is 0 Å². The van der Waals surface area contributed by atoms with E-state index in [0.29, 0.717) is 0 Å². The molecule has 0 spiro atoms. The first kappa shape index (κ1) is 16.6. The molecule has 0 radical (unpaired) electrons. The van der Waals surface area contributed by atoms with Crippen LogP contribution >= 0.6 is 22.6 Å². The van der Waals surface area contributed by atoms with Crippen molar-refractivity contribution in [2.24, 2.45) is 5.92 Å². The van der Waals surface area contributed by atoms with Crippen molar-refractivity contribution in [2.45, 2.75) is 45.8 Å². The Morgan fingerprint density at radius 2 is 2.00 bits per heavy atom. The molecule has 0 aromatic rings. The number of aliphatic hydroxyl groups is 1. The molecule has 0 aliphatic heterocycles. The number of nitrogens with one attached hydrogen (secondary N) is 1. The minimum atomic E-state index is -0.573. The fraction of sp³-hybridized carbons (Fsp3) is 0.818. The number of esters is 1. The van der Waals surface area contributed by atoms with Crippen LogP contribution in [0.25, 0.3) is 0 Å². The maximum atomic E-state index is 11.6. The van der Waals surface area contributed by atoms with E-state index >= 15 is 0 Å². The van der Waals surface area contributed by atoms with Gasteiger partial charge in [0.05, 0.1) is 19.1 Å². The number of halogens is 1. The monoisotopic (exact) mass is 357 g/mol. The van der Waals surface area contributed by atoms with Crippen LogP contribution in [-0.2, 0) is 9.53 Å². The van der Waals surface area contributed by atoms with Crippen molar-refractivity contribution >= 4 is 32.5 Å². The van der Waals surface area contributed by atoms with Gasteiger partial charge in [-0.25, -0.2) is 0 Å². The van der Waals surface area contributed by atoms with Gasteiger partial charge in [0.1, 0.15) is 6.10 Å². The van der Waals surface area contributed by atoms with Crippen LogP contribution in [0, 0.1) is 5.92 Å². The zero-order valence-corrected chi connectivity index (χ0v) is 12.6. The van der Waals surface area contributed by atoms with Gasteiger partial charge < -0.3 is 15.2 Å². The van der Waals surface area contributed by atoms with E-state index in [-0.39, 0.29) is 29.0 Å². The summed E-state index contributed by atoms with van der Waals surface area (Å²) in [6.07, 6.45) is 0.637. The molecule has 0 aromatic heterocycles. The summed E-state index contributed by atoms with van der Waals surface area (Å²) in [4.78, 5) is 22.4. The van der Waals surface area contributed by atoms with Gasteiger partial charge in [0.2, 0.25) is 0 Å². The molecular formula is C11H20INO4. The van der Waals surface area contributed by atoms with Gasteiger partial charge in [-0.3, -0.25) is 9.59 Å². The molecule has 2 atom stereocenters. The highest BCUT2D eigenvalue weighted by Gasteiger charge is 2.20. The van der Waals surface area contributed by atoms with Crippen molar-refractivity contribution in [3.05, 3.63) is 0 Å². The lowest BCUT2D eigenvalue weighted by molar-refractivity contribution is -0.152. The lowest BCUT2D eigenvalue weighted by Gasteiger charge is -2.21. The van der Waals surface area contributed by atoms with Crippen LogP contribution in [0.1, 0.15) is 33.6 Å². The second kappa shape index (κ2) is 8.68. The van der Waals surface area contributed by atoms with Gasteiger partial charge >= 0.3 is 5.97 Å². The summed E-state index contributed by atoms with van der Waals surface area (Å²) in [7, 11) is 0. The molecule has 17 heavy (non-hydrogen) atoms. The molecule has 5 nitrogen and oxygen atoms in total. The molecule has 0 saturated carbocycles. The molecule has 0 bridgehead atoms. The Morgan fingerprint density at radius 3 is 2.35 bits per heavy atom. The molecule has 0 aliphatic rings. The van der Waals surface area contributed by atoms with Gasteiger partial charge in [0.25, 0.3) is 3.91 Å². The zero-order valence-electron chi connectivity index (χ0n) is 10.4. The molecule has 6 heteroatoms. The molecule has 0 fully saturated rings. The van der Waals surface area contributed by atoms with E-state index in [1.807, 2.05) is 20.8 Å². The van der Waals surface area contributed by atoms with E-state index in [1.54, 1.807) is 22.6 Å². The summed E-state index contributed by atoms with van der Waals surface area (Å²) in [5, 5.41) is 11.5. The second-order valence-electron chi connectivity index (χ2n) is 4.18. The molecule has 0 aliphatic carbocycles. The average molecular weight is 357 g/mol. The first-order valence-electron chi connectivity index (χ1n) is 5.67. The predicted molar refractivity (Wildman–Crippen MR) is 73.1 cm³/mol. The maximum Gasteiger partial charge on any atom is 0.308 e.